The van der Waals surface area contributed by atoms with E-state index in [0.717, 1.165) is 55.6 Å². The molecule has 0 heterocycles. The van der Waals surface area contributed by atoms with Crippen LogP contribution in [0.15, 0.2) is 0 Å². The maximum absolute atomic E-state index is 12.3. The van der Waals surface area contributed by atoms with Crippen LogP contribution in [0.3, 0.4) is 0 Å². The molecular formula is C36H62N6O12S2. The van der Waals surface area contributed by atoms with Gasteiger partial charge in [-0.1, -0.05) is 12.8 Å². The number of thioether (sulfide) groups is 2. The minimum atomic E-state index is -1.14. The normalized spacial score (nSPS) is 12.8. The molecule has 0 aromatic heterocycles. The number of carbonyl (C=O) groups is 10. The summed E-state index contributed by atoms with van der Waals surface area (Å²) in [6, 6.07) is -1.36. The first-order valence-corrected chi connectivity index (χ1v) is 20.6. The van der Waals surface area contributed by atoms with E-state index in [9.17, 15) is 53.1 Å². The maximum Gasteiger partial charge on any atom is 0.317 e. The minimum absolute atomic E-state index is 0.0582. The van der Waals surface area contributed by atoms with Crippen LogP contribution in [0.25, 0.3) is 0 Å². The zero-order chi connectivity index (χ0) is 43.1. The predicted octanol–water partition coefficient (Wildman–Crippen LogP) is -0.193. The van der Waals surface area contributed by atoms with E-state index in [2.05, 4.69) is 21.3 Å². The van der Waals surface area contributed by atoms with Crippen molar-refractivity contribution < 1.29 is 58.2 Å². The first-order chi connectivity index (χ1) is 26.3. The molecule has 0 saturated heterocycles. The molecule has 0 saturated carbocycles. The summed E-state index contributed by atoms with van der Waals surface area (Å²) < 4.78 is 0. The molecule has 0 bridgehead atoms. The van der Waals surface area contributed by atoms with Gasteiger partial charge < -0.3 is 41.9 Å². The number of carboxylic acids is 2. The second-order valence-corrected chi connectivity index (χ2v) is 15.5. The van der Waals surface area contributed by atoms with Crippen LogP contribution in [0, 0.1) is 0 Å². The fourth-order valence-corrected chi connectivity index (χ4v) is 6.89. The molecule has 0 fully saturated rings. The number of hydrogen-bond donors (Lipinski definition) is 8. The van der Waals surface area contributed by atoms with E-state index in [1.54, 1.807) is 0 Å². The van der Waals surface area contributed by atoms with Crippen molar-refractivity contribution in [1.82, 2.24) is 21.3 Å². The molecule has 0 aromatic rings. The molecule has 2 amide bonds. The number of nitrogens with one attached hydrogen (secondary N) is 4. The molecule has 0 aliphatic carbocycles. The van der Waals surface area contributed by atoms with Crippen molar-refractivity contribution in [3.63, 3.8) is 0 Å². The first-order valence-electron chi connectivity index (χ1n) is 18.5. The lowest BCUT2D eigenvalue weighted by atomic mass is 10.1. The van der Waals surface area contributed by atoms with Gasteiger partial charge in [0.2, 0.25) is 11.8 Å². The van der Waals surface area contributed by atoms with E-state index in [1.807, 2.05) is 0 Å². The SMILES string of the molecule is CC(=O)CCCCCNC(=O)C(CC(=O)O)SCC(NCC(=O)CN)C(C)=O.CC(=O)CCCCCNC(=O)CC(SCC(NCC(=O)CN)C(C)=O)C(=O)O. The van der Waals surface area contributed by atoms with Crippen molar-refractivity contribution in [2.45, 2.75) is 114 Å². The van der Waals surface area contributed by atoms with Crippen molar-refractivity contribution in [2.24, 2.45) is 11.5 Å². The molecule has 56 heavy (non-hydrogen) atoms. The van der Waals surface area contributed by atoms with Gasteiger partial charge in [0, 0.05) is 43.9 Å². The van der Waals surface area contributed by atoms with Gasteiger partial charge in [-0.25, -0.2) is 0 Å². The number of hydrogen-bond acceptors (Lipinski definition) is 16. The maximum atomic E-state index is 12.3. The summed E-state index contributed by atoms with van der Waals surface area (Å²) in [5.74, 6) is -3.42. The second kappa shape index (κ2) is 33.6. The Morgan fingerprint density at radius 1 is 0.571 bits per heavy atom. The molecule has 4 atom stereocenters. The van der Waals surface area contributed by atoms with Gasteiger partial charge in [0.05, 0.1) is 49.9 Å². The second-order valence-electron chi connectivity index (χ2n) is 13.0. The van der Waals surface area contributed by atoms with Crippen LogP contribution in [0.4, 0.5) is 0 Å². The van der Waals surface area contributed by atoms with Gasteiger partial charge in [-0.15, -0.1) is 23.5 Å². The van der Waals surface area contributed by atoms with Crippen molar-refractivity contribution in [3.8, 4) is 0 Å². The molecule has 20 heteroatoms. The van der Waals surface area contributed by atoms with E-state index in [-0.39, 0.29) is 91.1 Å². The molecule has 0 aliphatic rings. The van der Waals surface area contributed by atoms with Gasteiger partial charge in [-0.2, -0.15) is 0 Å². The largest absolute Gasteiger partial charge is 0.481 e. The lowest BCUT2D eigenvalue weighted by Gasteiger charge is -2.19. The molecule has 0 spiro atoms. The fourth-order valence-electron chi connectivity index (χ4n) is 4.43. The Kier molecular flexibility index (Phi) is 32.7. The van der Waals surface area contributed by atoms with Gasteiger partial charge in [0.15, 0.2) is 11.6 Å². The standard InChI is InChI=1S/2C18H31N3O6S/c1-12(22)6-4-3-5-7-20-18(27)16(8-17(25)26)28-11-15(13(2)23)21-10-14(24)9-19;1-12(22)6-4-3-5-7-20-17(25)8-16(18(26)27)28-11-15(13(2)23)21-10-14(24)9-19/h15-16,21H,3-11,19H2,1-2H3,(H,20,27)(H,25,26);15-16,21H,3-11,19H2,1-2H3,(H,20,25)(H,26,27). The van der Waals surface area contributed by atoms with Crippen molar-refractivity contribution in [2.75, 3.05) is 50.8 Å². The van der Waals surface area contributed by atoms with Crippen LogP contribution in [0.5, 0.6) is 0 Å². The monoisotopic (exact) mass is 834 g/mol. The number of aliphatic carboxylic acids is 2. The smallest absolute Gasteiger partial charge is 0.317 e. The van der Waals surface area contributed by atoms with Gasteiger partial charge in [-0.3, -0.25) is 49.0 Å². The van der Waals surface area contributed by atoms with Crippen molar-refractivity contribution >= 4 is 82.0 Å². The summed E-state index contributed by atoms with van der Waals surface area (Å²) in [7, 11) is 0. The highest BCUT2D eigenvalue weighted by Crippen LogP contribution is 2.18. The number of carboxylic acid groups (broad SMARTS) is 2. The molecule has 320 valence electrons. The average molecular weight is 835 g/mol. The van der Waals surface area contributed by atoms with Gasteiger partial charge in [-0.05, 0) is 53.4 Å². The molecule has 4 unspecified atom stereocenters. The minimum Gasteiger partial charge on any atom is -0.481 e. The predicted molar refractivity (Wildman–Crippen MR) is 214 cm³/mol. The van der Waals surface area contributed by atoms with E-state index in [0.29, 0.717) is 32.4 Å². The van der Waals surface area contributed by atoms with E-state index in [1.165, 1.54) is 27.7 Å². The average Bonchev–Trinajstić information content (AvgIpc) is 3.12. The number of unbranched alkanes of at least 4 members (excludes halogenated alkanes) is 4. The van der Waals surface area contributed by atoms with E-state index in [4.69, 9.17) is 16.6 Å². The number of ketones is 6. The fraction of sp³-hybridized carbons (Fsp3) is 0.722. The third-order valence-electron chi connectivity index (χ3n) is 7.79. The Labute approximate surface area is 337 Å². The molecule has 10 N–H and O–H groups in total. The molecular weight excluding hydrogens is 773 g/mol. The molecule has 0 rings (SSSR count). The Bertz CT molecular complexity index is 1300. The third-order valence-corrected chi connectivity index (χ3v) is 10.4. The number of carbonyl (C=O) groups excluding carboxylic acids is 8. The number of nitrogens with two attached hydrogens (primary N) is 2. The summed E-state index contributed by atoms with van der Waals surface area (Å²) >= 11 is 2.04. The molecule has 18 nitrogen and oxygen atoms in total. The van der Waals surface area contributed by atoms with Gasteiger partial charge in [0.25, 0.3) is 0 Å². The molecule has 0 aliphatic heterocycles. The topological polar surface area (TPSA) is 311 Å². The number of Topliss-reactive ketones (excluding diaryl/α,β-unsaturated/α-hetero) is 6. The van der Waals surface area contributed by atoms with Gasteiger partial charge in [0.1, 0.15) is 28.4 Å². The molecule has 0 aromatic carbocycles. The summed E-state index contributed by atoms with van der Waals surface area (Å²) in [5, 5.41) is 27.4. The highest BCUT2D eigenvalue weighted by atomic mass is 32.2. The van der Waals surface area contributed by atoms with Crippen LogP contribution in [-0.2, 0) is 47.9 Å². The van der Waals surface area contributed by atoms with Crippen LogP contribution in [-0.4, -0.2) is 142 Å². The van der Waals surface area contributed by atoms with Crippen molar-refractivity contribution in [1.29, 1.82) is 0 Å². The number of amides is 2. The summed E-state index contributed by atoms with van der Waals surface area (Å²) in [4.78, 5) is 114. The highest BCUT2D eigenvalue weighted by molar-refractivity contribution is 8.00. The van der Waals surface area contributed by atoms with Crippen LogP contribution in [0.2, 0.25) is 0 Å². The van der Waals surface area contributed by atoms with Crippen LogP contribution < -0.4 is 32.7 Å². The lowest BCUT2D eigenvalue weighted by molar-refractivity contribution is -0.138. The highest BCUT2D eigenvalue weighted by Gasteiger charge is 2.26. The zero-order valence-electron chi connectivity index (χ0n) is 33.0. The quantitative estimate of drug-likeness (QED) is 0.0390. The number of rotatable bonds is 34. The summed E-state index contributed by atoms with van der Waals surface area (Å²) in [6.07, 6.45) is 5.00. The first kappa shape index (κ1) is 54.5. The Morgan fingerprint density at radius 2 is 1.00 bits per heavy atom. The lowest BCUT2D eigenvalue weighted by Crippen LogP contribution is -2.43. The van der Waals surface area contributed by atoms with Crippen LogP contribution in [0.1, 0.15) is 91.9 Å². The van der Waals surface area contributed by atoms with E-state index < -0.39 is 40.4 Å². The van der Waals surface area contributed by atoms with E-state index >= 15 is 0 Å². The Hall–Kier alpha value is -3.56. The summed E-state index contributed by atoms with van der Waals surface area (Å²) in [6.45, 7) is 6.19. The zero-order valence-corrected chi connectivity index (χ0v) is 34.6. The van der Waals surface area contributed by atoms with Gasteiger partial charge >= 0.3 is 11.9 Å². The Balaban J connectivity index is 0. The van der Waals surface area contributed by atoms with Crippen molar-refractivity contribution in [3.05, 3.63) is 0 Å². The Morgan fingerprint density at radius 3 is 1.38 bits per heavy atom. The molecule has 0 radical (unpaired) electrons. The van der Waals surface area contributed by atoms with Crippen LogP contribution >= 0.6 is 23.5 Å². The summed E-state index contributed by atoms with van der Waals surface area (Å²) in [5.41, 5.74) is 10.4. The third kappa shape index (κ3) is 31.6.